The lowest BCUT2D eigenvalue weighted by molar-refractivity contribution is -0.207. The lowest BCUT2D eigenvalue weighted by Gasteiger charge is -2.15. The van der Waals surface area contributed by atoms with Crippen molar-refractivity contribution in [3.05, 3.63) is 70.4 Å². The van der Waals surface area contributed by atoms with Crippen LogP contribution in [-0.4, -0.2) is 63.3 Å². The van der Waals surface area contributed by atoms with Gasteiger partial charge in [0.2, 0.25) is 5.91 Å². The average molecular weight is 585 g/mol. The van der Waals surface area contributed by atoms with E-state index in [1.807, 2.05) is 0 Å². The first-order valence-corrected chi connectivity index (χ1v) is 11.9. The predicted molar refractivity (Wildman–Crippen MR) is 129 cm³/mol. The van der Waals surface area contributed by atoms with Gasteiger partial charge >= 0.3 is 11.9 Å². The summed E-state index contributed by atoms with van der Waals surface area (Å²) in [5, 5.41) is 20.7. The topological polar surface area (TPSA) is 133 Å². The quantitative estimate of drug-likeness (QED) is 0.304. The number of carbonyl (C=O) groups excluding carboxylic acids is 1. The first-order valence-electron chi connectivity index (χ1n) is 11.6. The van der Waals surface area contributed by atoms with Crippen LogP contribution in [0.5, 0.6) is 0 Å². The zero-order chi connectivity index (χ0) is 28.8. The lowest BCUT2D eigenvalue weighted by Crippen LogP contribution is -2.37. The molecule has 3 heterocycles. The number of alkyl halides is 5. The van der Waals surface area contributed by atoms with Gasteiger partial charge in [0.15, 0.2) is 17.8 Å². The number of amides is 1. The fourth-order valence-corrected chi connectivity index (χ4v) is 3.94. The number of nitrogens with one attached hydrogen (secondary N) is 1. The van der Waals surface area contributed by atoms with Crippen LogP contribution < -0.4 is 11.0 Å². The Bertz CT molecular complexity index is 1620. The highest BCUT2D eigenvalue weighted by Gasteiger charge is 2.61. The van der Waals surface area contributed by atoms with Gasteiger partial charge in [-0.15, -0.1) is 10.2 Å². The molecule has 11 nitrogen and oxygen atoms in total. The van der Waals surface area contributed by atoms with E-state index in [1.54, 1.807) is 0 Å². The van der Waals surface area contributed by atoms with Crippen LogP contribution in [0.25, 0.3) is 17.1 Å². The Balaban J connectivity index is 1.43. The van der Waals surface area contributed by atoms with Gasteiger partial charge in [-0.2, -0.15) is 13.2 Å². The maximum absolute atomic E-state index is 13.3. The van der Waals surface area contributed by atoms with E-state index in [4.69, 9.17) is 11.6 Å². The van der Waals surface area contributed by atoms with E-state index in [0.29, 0.717) is 9.59 Å². The van der Waals surface area contributed by atoms with E-state index < -0.39 is 48.7 Å². The SMILES string of the molecule is O=C(Nc1ccncc1-n1cnc(Cn2nc(-c3ccc(Cl)cc3)n(CC(O)C(F)(F)F)c2=O)n1)C1CC1(F)F. The normalized spacial score (nSPS) is 17.0. The number of nitrogens with zero attached hydrogens (tertiary/aromatic N) is 7. The molecule has 1 aromatic carbocycles. The summed E-state index contributed by atoms with van der Waals surface area (Å²) in [5.41, 5.74) is -0.382. The molecule has 2 atom stereocenters. The summed E-state index contributed by atoms with van der Waals surface area (Å²) in [6.07, 6.45) is -4.51. The van der Waals surface area contributed by atoms with Gasteiger partial charge in [0, 0.05) is 23.2 Å². The number of halogens is 6. The summed E-state index contributed by atoms with van der Waals surface area (Å²) in [6, 6.07) is 7.21. The summed E-state index contributed by atoms with van der Waals surface area (Å²) in [7, 11) is 0. The molecule has 40 heavy (non-hydrogen) atoms. The molecule has 3 aromatic heterocycles. The molecule has 0 saturated heterocycles. The Kier molecular flexibility index (Phi) is 6.91. The van der Waals surface area contributed by atoms with E-state index >= 15 is 0 Å². The van der Waals surface area contributed by atoms with Crippen molar-refractivity contribution in [3.8, 4) is 17.1 Å². The van der Waals surface area contributed by atoms with Gasteiger partial charge in [-0.25, -0.2) is 27.9 Å². The number of aromatic nitrogens is 7. The number of hydrogen-bond donors (Lipinski definition) is 2. The fraction of sp³-hybridized carbons (Fsp3) is 0.304. The van der Waals surface area contributed by atoms with Crippen molar-refractivity contribution < 1.29 is 31.9 Å². The maximum atomic E-state index is 13.3. The third kappa shape index (κ3) is 5.58. The number of carbonyl (C=O) groups is 1. The van der Waals surface area contributed by atoms with Crippen molar-refractivity contribution in [2.45, 2.75) is 37.7 Å². The number of aliphatic hydroxyl groups excluding tert-OH is 1. The molecule has 1 amide bonds. The zero-order valence-corrected chi connectivity index (χ0v) is 20.8. The Labute approximate surface area is 225 Å². The molecule has 1 saturated carbocycles. The summed E-state index contributed by atoms with van der Waals surface area (Å²) in [4.78, 5) is 33.2. The van der Waals surface area contributed by atoms with Crippen LogP contribution in [0.15, 0.2) is 53.8 Å². The Morgan fingerprint density at radius 2 is 1.90 bits per heavy atom. The summed E-state index contributed by atoms with van der Waals surface area (Å²) in [5.74, 6) is -5.52. The largest absolute Gasteiger partial charge is 0.416 e. The molecule has 4 aromatic rings. The van der Waals surface area contributed by atoms with Gasteiger partial charge in [-0.3, -0.25) is 14.3 Å². The second kappa shape index (κ2) is 10.1. The number of benzene rings is 1. The monoisotopic (exact) mass is 584 g/mol. The molecule has 1 aliphatic rings. The standard InChI is InChI=1S/C23H18ClF5N8O3/c24-13-3-1-12(2-4-13)19-34-36(21(40)35(19)9-17(38)23(27,28)29)10-18-31-11-37(33-18)16-8-30-6-5-15(16)32-20(39)14-7-22(14,25)26/h1-6,8,11,14,17,38H,7,9-10H2,(H,30,32,39). The molecule has 0 bridgehead atoms. The third-order valence-electron chi connectivity index (χ3n) is 6.04. The van der Waals surface area contributed by atoms with Gasteiger partial charge in [0.05, 0.1) is 18.4 Å². The van der Waals surface area contributed by atoms with E-state index in [9.17, 15) is 36.6 Å². The highest BCUT2D eigenvalue weighted by atomic mass is 35.5. The Morgan fingerprint density at radius 3 is 2.55 bits per heavy atom. The molecule has 210 valence electrons. The predicted octanol–water partition coefficient (Wildman–Crippen LogP) is 2.91. The molecule has 2 N–H and O–H groups in total. The van der Waals surface area contributed by atoms with Crippen LogP contribution >= 0.6 is 11.6 Å². The second-order valence-electron chi connectivity index (χ2n) is 8.94. The van der Waals surface area contributed by atoms with Crippen molar-refractivity contribution in [2.24, 2.45) is 5.92 Å². The molecule has 2 unspecified atom stereocenters. The minimum absolute atomic E-state index is 0.000585. The lowest BCUT2D eigenvalue weighted by atomic mass is 10.2. The average Bonchev–Trinajstić information content (AvgIpc) is 3.18. The minimum atomic E-state index is -4.98. The minimum Gasteiger partial charge on any atom is -0.382 e. The van der Waals surface area contributed by atoms with Crippen LogP contribution in [-0.2, 0) is 17.9 Å². The van der Waals surface area contributed by atoms with Gasteiger partial charge < -0.3 is 10.4 Å². The Hall–Kier alpha value is -4.18. The highest BCUT2D eigenvalue weighted by Crippen LogP contribution is 2.49. The summed E-state index contributed by atoms with van der Waals surface area (Å²) in [6.45, 7) is -1.49. The second-order valence-corrected chi connectivity index (χ2v) is 9.38. The van der Waals surface area contributed by atoms with E-state index in [-0.39, 0.29) is 35.1 Å². The van der Waals surface area contributed by atoms with Crippen molar-refractivity contribution in [2.75, 3.05) is 5.32 Å². The van der Waals surface area contributed by atoms with Crippen molar-refractivity contribution in [3.63, 3.8) is 0 Å². The number of hydrogen-bond acceptors (Lipinski definition) is 7. The molecule has 0 radical (unpaired) electrons. The maximum Gasteiger partial charge on any atom is 0.416 e. The molecule has 0 aliphatic heterocycles. The Morgan fingerprint density at radius 1 is 1.20 bits per heavy atom. The van der Waals surface area contributed by atoms with E-state index in [2.05, 4.69) is 25.5 Å². The van der Waals surface area contributed by atoms with E-state index in [1.165, 1.54) is 53.7 Å². The third-order valence-corrected chi connectivity index (χ3v) is 6.29. The van der Waals surface area contributed by atoms with E-state index in [0.717, 1.165) is 4.68 Å². The molecule has 5 rings (SSSR count). The van der Waals surface area contributed by atoms with Crippen molar-refractivity contribution in [1.82, 2.24) is 34.1 Å². The zero-order valence-electron chi connectivity index (χ0n) is 20.1. The molecular formula is C23H18ClF5N8O3. The summed E-state index contributed by atoms with van der Waals surface area (Å²) >= 11 is 5.89. The fourth-order valence-electron chi connectivity index (χ4n) is 3.81. The smallest absolute Gasteiger partial charge is 0.382 e. The van der Waals surface area contributed by atoms with Crippen LogP contribution in [0.2, 0.25) is 5.02 Å². The van der Waals surface area contributed by atoms with Crippen LogP contribution in [0.3, 0.4) is 0 Å². The van der Waals surface area contributed by atoms with Crippen LogP contribution in [0, 0.1) is 5.92 Å². The number of aliphatic hydroxyl groups is 1. The molecule has 17 heteroatoms. The number of anilines is 1. The number of rotatable bonds is 8. The number of pyridine rings is 1. The first-order chi connectivity index (χ1) is 18.8. The van der Waals surface area contributed by atoms with Crippen molar-refractivity contribution in [1.29, 1.82) is 0 Å². The highest BCUT2D eigenvalue weighted by molar-refractivity contribution is 6.30. The molecular weight excluding hydrogens is 567 g/mol. The van der Waals surface area contributed by atoms with Gasteiger partial charge in [-0.1, -0.05) is 11.6 Å². The van der Waals surface area contributed by atoms with Crippen LogP contribution in [0.1, 0.15) is 12.2 Å². The molecule has 1 aliphatic carbocycles. The summed E-state index contributed by atoms with van der Waals surface area (Å²) < 4.78 is 68.5. The first kappa shape index (κ1) is 27.4. The van der Waals surface area contributed by atoms with Crippen LogP contribution in [0.4, 0.5) is 27.6 Å². The van der Waals surface area contributed by atoms with Crippen molar-refractivity contribution >= 4 is 23.2 Å². The van der Waals surface area contributed by atoms with Gasteiger partial charge in [0.1, 0.15) is 24.5 Å². The van der Waals surface area contributed by atoms with Gasteiger partial charge in [-0.05, 0) is 30.3 Å². The molecule has 1 fully saturated rings. The van der Waals surface area contributed by atoms with Gasteiger partial charge in [0.25, 0.3) is 5.92 Å². The molecule has 0 spiro atoms.